The summed E-state index contributed by atoms with van der Waals surface area (Å²) in [7, 11) is 1.62. The minimum absolute atomic E-state index is 0.105. The van der Waals surface area contributed by atoms with Gasteiger partial charge in [-0.15, -0.1) is 0 Å². The van der Waals surface area contributed by atoms with Gasteiger partial charge in [-0.3, -0.25) is 4.79 Å². The van der Waals surface area contributed by atoms with Gasteiger partial charge < -0.3 is 15.4 Å². The quantitative estimate of drug-likeness (QED) is 0.882. The molecule has 1 aliphatic rings. The standard InChI is InChI=1S/C14H20N2O2/c1-18-13-4-2-12(3-5-13)14(17)16-8-6-11(10-15)7-9-16/h2-5,11H,6-10,15H2,1H3. The molecular weight excluding hydrogens is 228 g/mol. The number of hydrogen-bond donors (Lipinski definition) is 1. The van der Waals surface area contributed by atoms with Crippen LogP contribution in [0.15, 0.2) is 24.3 Å². The molecule has 0 spiro atoms. The van der Waals surface area contributed by atoms with Crippen LogP contribution in [0, 0.1) is 5.92 Å². The summed E-state index contributed by atoms with van der Waals surface area (Å²) >= 11 is 0. The SMILES string of the molecule is COc1ccc(C(=O)N2CCC(CN)CC2)cc1. The Labute approximate surface area is 108 Å². The molecule has 0 aromatic heterocycles. The molecule has 1 fully saturated rings. The number of piperidine rings is 1. The Bertz CT molecular complexity index is 395. The van der Waals surface area contributed by atoms with Gasteiger partial charge >= 0.3 is 0 Å². The van der Waals surface area contributed by atoms with Crippen molar-refractivity contribution >= 4 is 5.91 Å². The van der Waals surface area contributed by atoms with Crippen LogP contribution in [0.4, 0.5) is 0 Å². The minimum atomic E-state index is 0.105. The van der Waals surface area contributed by atoms with E-state index in [4.69, 9.17) is 10.5 Å². The van der Waals surface area contributed by atoms with E-state index < -0.39 is 0 Å². The lowest BCUT2D eigenvalue weighted by Crippen LogP contribution is -2.40. The average Bonchev–Trinajstić information content (AvgIpc) is 2.47. The molecule has 0 aliphatic carbocycles. The number of likely N-dealkylation sites (tertiary alicyclic amines) is 1. The van der Waals surface area contributed by atoms with Crippen molar-refractivity contribution in [2.24, 2.45) is 11.7 Å². The molecule has 4 heteroatoms. The van der Waals surface area contributed by atoms with Crippen molar-refractivity contribution < 1.29 is 9.53 Å². The summed E-state index contributed by atoms with van der Waals surface area (Å²) in [5.74, 6) is 1.45. The molecule has 0 radical (unpaired) electrons. The summed E-state index contributed by atoms with van der Waals surface area (Å²) in [6.45, 7) is 2.35. The van der Waals surface area contributed by atoms with Gasteiger partial charge in [0.05, 0.1) is 7.11 Å². The molecule has 0 unspecified atom stereocenters. The number of methoxy groups -OCH3 is 1. The normalized spacial score (nSPS) is 16.7. The highest BCUT2D eigenvalue weighted by molar-refractivity contribution is 5.94. The largest absolute Gasteiger partial charge is 0.497 e. The summed E-state index contributed by atoms with van der Waals surface area (Å²) in [6.07, 6.45) is 2.02. The average molecular weight is 248 g/mol. The molecule has 4 nitrogen and oxygen atoms in total. The highest BCUT2D eigenvalue weighted by atomic mass is 16.5. The van der Waals surface area contributed by atoms with Gasteiger partial charge in [0.2, 0.25) is 0 Å². The molecule has 1 saturated heterocycles. The number of amides is 1. The van der Waals surface area contributed by atoms with Crippen molar-refractivity contribution in [3.63, 3.8) is 0 Å². The first-order valence-corrected chi connectivity index (χ1v) is 6.38. The van der Waals surface area contributed by atoms with E-state index in [2.05, 4.69) is 0 Å². The Hall–Kier alpha value is -1.55. The van der Waals surface area contributed by atoms with Crippen LogP contribution in [-0.4, -0.2) is 37.6 Å². The third-order valence-corrected chi connectivity index (χ3v) is 3.57. The number of nitrogens with two attached hydrogens (primary N) is 1. The van der Waals surface area contributed by atoms with Gasteiger partial charge in [-0.1, -0.05) is 0 Å². The molecule has 2 N–H and O–H groups in total. The van der Waals surface area contributed by atoms with Crippen LogP contribution >= 0.6 is 0 Å². The molecule has 1 aromatic carbocycles. The van der Waals surface area contributed by atoms with E-state index in [-0.39, 0.29) is 5.91 Å². The predicted octanol–water partition coefficient (Wildman–Crippen LogP) is 1.51. The fraction of sp³-hybridized carbons (Fsp3) is 0.500. The molecule has 0 saturated carbocycles. The lowest BCUT2D eigenvalue weighted by Gasteiger charge is -2.31. The third-order valence-electron chi connectivity index (χ3n) is 3.57. The number of benzene rings is 1. The maximum Gasteiger partial charge on any atom is 0.253 e. The third kappa shape index (κ3) is 2.82. The van der Waals surface area contributed by atoms with Gasteiger partial charge in [0, 0.05) is 18.7 Å². The molecule has 18 heavy (non-hydrogen) atoms. The molecule has 1 heterocycles. The van der Waals surface area contributed by atoms with Crippen LogP contribution in [0.2, 0.25) is 0 Å². The Morgan fingerprint density at radius 1 is 1.33 bits per heavy atom. The van der Waals surface area contributed by atoms with E-state index in [0.29, 0.717) is 5.92 Å². The first-order chi connectivity index (χ1) is 8.74. The number of ether oxygens (including phenoxy) is 1. The van der Waals surface area contributed by atoms with Crippen molar-refractivity contribution in [3.8, 4) is 5.75 Å². The Morgan fingerprint density at radius 3 is 2.44 bits per heavy atom. The monoisotopic (exact) mass is 248 g/mol. The maximum absolute atomic E-state index is 12.2. The van der Waals surface area contributed by atoms with Crippen molar-refractivity contribution in [2.45, 2.75) is 12.8 Å². The lowest BCUT2D eigenvalue weighted by molar-refractivity contribution is 0.0693. The van der Waals surface area contributed by atoms with E-state index in [9.17, 15) is 4.79 Å². The summed E-state index contributed by atoms with van der Waals surface area (Å²) in [6, 6.07) is 7.27. The zero-order chi connectivity index (χ0) is 13.0. The molecule has 1 aromatic rings. The van der Waals surface area contributed by atoms with E-state index in [1.54, 1.807) is 7.11 Å². The lowest BCUT2D eigenvalue weighted by atomic mass is 9.96. The summed E-state index contributed by atoms with van der Waals surface area (Å²) in [5.41, 5.74) is 6.37. The molecule has 1 amide bonds. The summed E-state index contributed by atoms with van der Waals surface area (Å²) in [5, 5.41) is 0. The Morgan fingerprint density at radius 2 is 1.94 bits per heavy atom. The van der Waals surface area contributed by atoms with Crippen LogP contribution in [0.1, 0.15) is 23.2 Å². The van der Waals surface area contributed by atoms with Crippen molar-refractivity contribution in [1.29, 1.82) is 0 Å². The van der Waals surface area contributed by atoms with E-state index in [1.807, 2.05) is 29.2 Å². The summed E-state index contributed by atoms with van der Waals surface area (Å²) in [4.78, 5) is 14.2. The molecule has 2 rings (SSSR count). The topological polar surface area (TPSA) is 55.6 Å². The number of carbonyl (C=O) groups excluding carboxylic acids is 1. The first kappa shape index (κ1) is 12.9. The van der Waals surface area contributed by atoms with Crippen molar-refractivity contribution in [1.82, 2.24) is 4.90 Å². The molecule has 1 aliphatic heterocycles. The summed E-state index contributed by atoms with van der Waals surface area (Å²) < 4.78 is 5.08. The highest BCUT2D eigenvalue weighted by Crippen LogP contribution is 2.19. The Kier molecular flexibility index (Phi) is 4.20. The maximum atomic E-state index is 12.2. The number of hydrogen-bond acceptors (Lipinski definition) is 3. The van der Waals surface area contributed by atoms with E-state index in [1.165, 1.54) is 0 Å². The second-order valence-corrected chi connectivity index (χ2v) is 4.70. The van der Waals surface area contributed by atoms with Crippen LogP contribution in [0.3, 0.4) is 0 Å². The molecule has 0 bridgehead atoms. The highest BCUT2D eigenvalue weighted by Gasteiger charge is 2.22. The van der Waals surface area contributed by atoms with E-state index >= 15 is 0 Å². The fourth-order valence-electron chi connectivity index (χ4n) is 2.29. The van der Waals surface area contributed by atoms with Gasteiger partial charge in [0.15, 0.2) is 0 Å². The smallest absolute Gasteiger partial charge is 0.253 e. The molecular formula is C14H20N2O2. The predicted molar refractivity (Wildman–Crippen MR) is 70.7 cm³/mol. The van der Waals surface area contributed by atoms with Gasteiger partial charge in [0.25, 0.3) is 5.91 Å². The minimum Gasteiger partial charge on any atom is -0.497 e. The zero-order valence-electron chi connectivity index (χ0n) is 10.8. The van der Waals surface area contributed by atoms with Gasteiger partial charge in [-0.2, -0.15) is 0 Å². The molecule has 98 valence electrons. The van der Waals surface area contributed by atoms with Crippen LogP contribution < -0.4 is 10.5 Å². The Balaban J connectivity index is 1.98. The van der Waals surface area contributed by atoms with Crippen molar-refractivity contribution in [2.75, 3.05) is 26.7 Å². The number of rotatable bonds is 3. The second kappa shape index (κ2) is 5.87. The van der Waals surface area contributed by atoms with Crippen LogP contribution in [-0.2, 0) is 0 Å². The van der Waals surface area contributed by atoms with Crippen LogP contribution in [0.25, 0.3) is 0 Å². The fourth-order valence-corrected chi connectivity index (χ4v) is 2.29. The van der Waals surface area contributed by atoms with E-state index in [0.717, 1.165) is 43.8 Å². The van der Waals surface area contributed by atoms with Gasteiger partial charge in [-0.05, 0) is 49.6 Å². The van der Waals surface area contributed by atoms with Gasteiger partial charge in [0.1, 0.15) is 5.75 Å². The second-order valence-electron chi connectivity index (χ2n) is 4.70. The zero-order valence-corrected chi connectivity index (χ0v) is 10.8. The number of nitrogens with zero attached hydrogens (tertiary/aromatic N) is 1. The van der Waals surface area contributed by atoms with Gasteiger partial charge in [-0.25, -0.2) is 0 Å². The van der Waals surface area contributed by atoms with Crippen LogP contribution in [0.5, 0.6) is 5.75 Å². The van der Waals surface area contributed by atoms with Crippen molar-refractivity contribution in [3.05, 3.63) is 29.8 Å². The molecule has 0 atom stereocenters. The number of carbonyl (C=O) groups is 1. The first-order valence-electron chi connectivity index (χ1n) is 6.38.